The van der Waals surface area contributed by atoms with E-state index in [1.165, 1.54) is 0 Å². The molecule has 1 atom stereocenters. The smallest absolute Gasteiger partial charge is 0.377 e. The van der Waals surface area contributed by atoms with Crippen LogP contribution in [-0.4, -0.2) is 44.8 Å². The topological polar surface area (TPSA) is 53.7 Å². The Balaban J connectivity index is 4.94. The highest BCUT2D eigenvalue weighted by Gasteiger charge is 2.52. The first-order valence-electron chi connectivity index (χ1n) is 4.73. The third kappa shape index (κ3) is 2.88. The molecule has 0 aromatic carbocycles. The van der Waals surface area contributed by atoms with E-state index in [9.17, 15) is 0 Å². The molecular formula is C8H23NO3Si2. The predicted octanol–water partition coefficient (Wildman–Crippen LogP) is 1.07. The molecule has 6 heteroatoms. The summed E-state index contributed by atoms with van der Waals surface area (Å²) in [6.07, 6.45) is 0. The predicted molar refractivity (Wildman–Crippen MR) is 62.9 cm³/mol. The number of hydrogen-bond acceptors (Lipinski definition) is 4. The Morgan fingerprint density at radius 2 is 1.36 bits per heavy atom. The molecule has 0 bridgehead atoms. The van der Waals surface area contributed by atoms with Crippen molar-refractivity contribution in [3.8, 4) is 0 Å². The van der Waals surface area contributed by atoms with Crippen LogP contribution in [0, 0.1) is 0 Å². The normalized spacial score (nSPS) is 15.6. The van der Waals surface area contributed by atoms with Gasteiger partial charge in [-0.05, 0) is 6.54 Å². The maximum absolute atomic E-state index is 5.80. The zero-order valence-electron chi connectivity index (χ0n) is 10.1. The summed E-state index contributed by atoms with van der Waals surface area (Å²) in [7, 11) is 0.954. The Labute approximate surface area is 89.1 Å². The van der Waals surface area contributed by atoms with Gasteiger partial charge in [-0.15, -0.1) is 0 Å². The molecular weight excluding hydrogens is 214 g/mol. The van der Waals surface area contributed by atoms with Crippen LogP contribution in [0.15, 0.2) is 0 Å². The lowest BCUT2D eigenvalue weighted by atomic mass is 10.8. The molecule has 0 saturated heterocycles. The maximum Gasteiger partial charge on any atom is 0.501 e. The molecule has 0 aromatic heterocycles. The van der Waals surface area contributed by atoms with E-state index in [2.05, 4.69) is 19.6 Å². The van der Waals surface area contributed by atoms with Gasteiger partial charge in [-0.25, -0.2) is 0 Å². The second-order valence-corrected chi connectivity index (χ2v) is 13.5. The molecule has 86 valence electrons. The average Bonchev–Trinajstić information content (AvgIpc) is 2.12. The lowest BCUT2D eigenvalue weighted by Gasteiger charge is -2.38. The van der Waals surface area contributed by atoms with E-state index < -0.39 is 16.9 Å². The third-order valence-corrected chi connectivity index (χ3v) is 11.3. The van der Waals surface area contributed by atoms with Crippen molar-refractivity contribution in [2.75, 3.05) is 27.9 Å². The van der Waals surface area contributed by atoms with Crippen LogP contribution in [0.2, 0.25) is 24.8 Å². The first-order chi connectivity index (χ1) is 6.37. The molecule has 0 saturated carbocycles. The fourth-order valence-electron chi connectivity index (χ4n) is 1.70. The van der Waals surface area contributed by atoms with E-state index in [1.54, 1.807) is 21.3 Å². The van der Waals surface area contributed by atoms with Gasteiger partial charge >= 0.3 is 8.80 Å². The van der Waals surface area contributed by atoms with Crippen molar-refractivity contribution in [3.05, 3.63) is 0 Å². The van der Waals surface area contributed by atoms with Crippen LogP contribution in [0.1, 0.15) is 0 Å². The third-order valence-electron chi connectivity index (χ3n) is 2.56. The lowest BCUT2D eigenvalue weighted by Crippen LogP contribution is -2.57. The molecule has 0 aliphatic carbocycles. The molecule has 0 rings (SSSR count). The van der Waals surface area contributed by atoms with Crippen LogP contribution in [0.5, 0.6) is 0 Å². The van der Waals surface area contributed by atoms with Crippen LogP contribution in [0.25, 0.3) is 0 Å². The Hall–Kier alpha value is 0.274. The molecule has 0 heterocycles. The molecule has 14 heavy (non-hydrogen) atoms. The second-order valence-electron chi connectivity index (χ2n) is 4.37. The minimum absolute atomic E-state index is 0.245. The number of nitrogens with two attached hydrogens (primary N) is 1. The molecule has 4 nitrogen and oxygen atoms in total. The van der Waals surface area contributed by atoms with E-state index >= 15 is 0 Å². The number of rotatable bonds is 6. The highest BCUT2D eigenvalue weighted by atomic mass is 28.4. The standard InChI is InChI=1S/C8H23NO3Si2/c1-10-14(11-2,12-3)8(7-9)13(4,5)6/h8H,7,9H2,1-6H3. The van der Waals surface area contributed by atoms with Crippen molar-refractivity contribution in [1.29, 1.82) is 0 Å². The number of hydrogen-bond donors (Lipinski definition) is 1. The Bertz CT molecular complexity index is 160. The van der Waals surface area contributed by atoms with E-state index in [4.69, 9.17) is 19.0 Å². The van der Waals surface area contributed by atoms with Gasteiger partial charge in [-0.2, -0.15) is 0 Å². The summed E-state index contributed by atoms with van der Waals surface area (Å²) in [6.45, 7) is 7.33. The lowest BCUT2D eigenvalue weighted by molar-refractivity contribution is 0.119. The Morgan fingerprint density at radius 1 is 1.00 bits per heavy atom. The SMILES string of the molecule is CO[Si](OC)(OC)C(CN)[Si](C)(C)C. The van der Waals surface area contributed by atoms with Gasteiger partial charge < -0.3 is 19.0 Å². The van der Waals surface area contributed by atoms with Crippen molar-refractivity contribution in [3.63, 3.8) is 0 Å². The minimum Gasteiger partial charge on any atom is -0.377 e. The van der Waals surface area contributed by atoms with Gasteiger partial charge in [0.2, 0.25) is 0 Å². The quantitative estimate of drug-likeness (QED) is 0.702. The first-order valence-corrected chi connectivity index (χ1v) is 10.1. The van der Waals surface area contributed by atoms with E-state index in [1.807, 2.05) is 0 Å². The Kier molecular flexibility index (Phi) is 5.49. The molecule has 0 aromatic rings. The van der Waals surface area contributed by atoms with Gasteiger partial charge in [0, 0.05) is 26.5 Å². The summed E-state index contributed by atoms with van der Waals surface area (Å²) in [6, 6.07) is 0. The van der Waals surface area contributed by atoms with Crippen molar-refractivity contribution in [1.82, 2.24) is 0 Å². The molecule has 1 unspecified atom stereocenters. The highest BCUT2D eigenvalue weighted by molar-refractivity contribution is 6.90. The summed E-state index contributed by atoms with van der Waals surface area (Å²) < 4.78 is 16.4. The van der Waals surface area contributed by atoms with Crippen LogP contribution in [0.4, 0.5) is 0 Å². The van der Waals surface area contributed by atoms with E-state index in [0.29, 0.717) is 6.54 Å². The van der Waals surface area contributed by atoms with Crippen molar-refractivity contribution >= 4 is 16.9 Å². The first kappa shape index (κ1) is 14.3. The molecule has 0 radical (unpaired) electrons. The Morgan fingerprint density at radius 3 is 1.43 bits per heavy atom. The fourth-order valence-corrected chi connectivity index (χ4v) is 9.36. The van der Waals surface area contributed by atoms with Gasteiger partial charge in [0.1, 0.15) is 0 Å². The van der Waals surface area contributed by atoms with Crippen LogP contribution in [-0.2, 0) is 13.3 Å². The minimum atomic E-state index is -2.55. The summed E-state index contributed by atoms with van der Waals surface area (Å²) in [4.78, 5) is 0. The van der Waals surface area contributed by atoms with E-state index in [0.717, 1.165) is 0 Å². The summed E-state index contributed by atoms with van der Waals surface area (Å²) in [5, 5.41) is 0.245. The second kappa shape index (κ2) is 5.38. The molecule has 0 fully saturated rings. The largest absolute Gasteiger partial charge is 0.501 e. The maximum atomic E-state index is 5.80. The van der Waals surface area contributed by atoms with Gasteiger partial charge in [0.05, 0.1) is 8.07 Å². The molecule has 0 spiro atoms. The highest BCUT2D eigenvalue weighted by Crippen LogP contribution is 2.32. The summed E-state index contributed by atoms with van der Waals surface area (Å²) in [5.41, 5.74) is 5.80. The molecule has 0 aliphatic heterocycles. The molecule has 0 aliphatic rings. The van der Waals surface area contributed by atoms with Gasteiger partial charge in [-0.3, -0.25) is 0 Å². The molecule has 0 amide bonds. The van der Waals surface area contributed by atoms with Gasteiger partial charge in [0.25, 0.3) is 0 Å². The van der Waals surface area contributed by atoms with Gasteiger partial charge in [0.15, 0.2) is 0 Å². The van der Waals surface area contributed by atoms with Crippen molar-refractivity contribution in [2.24, 2.45) is 5.73 Å². The van der Waals surface area contributed by atoms with Gasteiger partial charge in [-0.1, -0.05) is 19.6 Å². The average molecular weight is 237 g/mol. The summed E-state index contributed by atoms with van der Waals surface area (Å²) >= 11 is 0. The zero-order valence-corrected chi connectivity index (χ0v) is 12.1. The summed E-state index contributed by atoms with van der Waals surface area (Å²) in [5.74, 6) is 0. The van der Waals surface area contributed by atoms with E-state index in [-0.39, 0.29) is 5.16 Å². The monoisotopic (exact) mass is 237 g/mol. The fraction of sp³-hybridized carbons (Fsp3) is 1.00. The van der Waals surface area contributed by atoms with Crippen molar-refractivity contribution in [2.45, 2.75) is 24.8 Å². The van der Waals surface area contributed by atoms with Crippen LogP contribution in [0.3, 0.4) is 0 Å². The molecule has 2 N–H and O–H groups in total. The zero-order chi connectivity index (χ0) is 11.4. The van der Waals surface area contributed by atoms with Crippen molar-refractivity contribution < 1.29 is 13.3 Å². The van der Waals surface area contributed by atoms with Crippen LogP contribution < -0.4 is 5.73 Å². The van der Waals surface area contributed by atoms with Crippen LogP contribution >= 0.6 is 0 Å².